The number of benzene rings is 3. The summed E-state index contributed by atoms with van der Waals surface area (Å²) in [6, 6.07) is 9.74. The Kier molecular flexibility index (Phi) is 7.95. The van der Waals surface area contributed by atoms with Crippen molar-refractivity contribution in [1.82, 2.24) is 15.0 Å². The molecule has 0 spiro atoms. The summed E-state index contributed by atoms with van der Waals surface area (Å²) >= 11 is 6.02. The van der Waals surface area contributed by atoms with Crippen LogP contribution in [-0.4, -0.2) is 37.8 Å². The van der Waals surface area contributed by atoms with E-state index < -0.39 is 47.7 Å². The Bertz CT molecular complexity index is 1820. The molecule has 0 aliphatic heterocycles. The highest BCUT2D eigenvalue weighted by molar-refractivity contribution is 7.86. The average Bonchev–Trinajstić information content (AvgIpc) is 2.86. The van der Waals surface area contributed by atoms with Crippen molar-refractivity contribution in [2.45, 2.75) is 18.7 Å². The number of nitro groups is 2. The van der Waals surface area contributed by atoms with E-state index in [1.165, 1.54) is 6.07 Å². The van der Waals surface area contributed by atoms with Crippen molar-refractivity contribution in [3.8, 4) is 0 Å². The summed E-state index contributed by atoms with van der Waals surface area (Å²) in [6.45, 7) is 3.86. The first-order valence-corrected chi connectivity index (χ1v) is 13.1. The molecular formula is C23H18ClFN8O7S. The molecule has 0 atom stereocenters. The number of anilines is 6. The van der Waals surface area contributed by atoms with E-state index in [2.05, 4.69) is 30.9 Å². The Morgan fingerprint density at radius 1 is 0.805 bits per heavy atom. The first-order chi connectivity index (χ1) is 19.2. The van der Waals surface area contributed by atoms with Crippen LogP contribution in [0.25, 0.3) is 0 Å². The van der Waals surface area contributed by atoms with Crippen LogP contribution in [0.5, 0.6) is 0 Å². The number of rotatable bonds is 9. The highest BCUT2D eigenvalue weighted by atomic mass is 35.5. The molecule has 18 heteroatoms. The topological polar surface area (TPSA) is 215 Å². The molecule has 0 bridgehead atoms. The molecule has 15 nitrogen and oxygen atoms in total. The van der Waals surface area contributed by atoms with Crippen molar-refractivity contribution < 1.29 is 27.2 Å². The highest BCUT2D eigenvalue weighted by Crippen LogP contribution is 2.35. The summed E-state index contributed by atoms with van der Waals surface area (Å²) in [6.07, 6.45) is 0. The predicted octanol–water partition coefficient (Wildman–Crippen LogP) is 5.57. The lowest BCUT2D eigenvalue weighted by molar-refractivity contribution is -0.395. The second-order valence-electron chi connectivity index (χ2n) is 8.45. The lowest BCUT2D eigenvalue weighted by Gasteiger charge is -2.13. The molecule has 1 aromatic heterocycles. The molecule has 4 aromatic rings. The minimum Gasteiger partial charge on any atom is -0.350 e. The SMILES string of the molecule is Cc1ccc(Nc2nc(Cl)nc(Nc3ccc(Nc4cc(F)c([N+](=O)[O-])cc4[N+](=O)[O-])cc3S(=O)(=O)O)n2)cc1C. The Morgan fingerprint density at radius 3 is 2.02 bits per heavy atom. The number of hydrogen-bond acceptors (Lipinski definition) is 12. The van der Waals surface area contributed by atoms with E-state index in [0.29, 0.717) is 17.8 Å². The Hall–Kier alpha value is -5.00. The minimum atomic E-state index is -4.92. The maximum absolute atomic E-state index is 14.2. The lowest BCUT2D eigenvalue weighted by atomic mass is 10.1. The van der Waals surface area contributed by atoms with Gasteiger partial charge in [0, 0.05) is 17.4 Å². The number of halogens is 2. The normalized spacial score (nSPS) is 11.1. The van der Waals surface area contributed by atoms with E-state index in [4.69, 9.17) is 11.6 Å². The van der Waals surface area contributed by atoms with E-state index in [0.717, 1.165) is 23.3 Å². The van der Waals surface area contributed by atoms with E-state index >= 15 is 0 Å². The lowest BCUT2D eigenvalue weighted by Crippen LogP contribution is -2.08. The standard InChI is InChI=1S/C23H18ClFN8O7S/c1-11-3-4-13(7-12(11)2)27-22-29-21(24)30-23(31-22)28-16-6-5-14(8-20(16)41(38,39)40)26-17-9-15(25)18(32(34)35)10-19(17)33(36)37/h3-10,26H,1-2H3,(H,38,39,40)(H2,27,28,29,30,31). The monoisotopic (exact) mass is 604 g/mol. The maximum Gasteiger partial charge on any atom is 0.311 e. The van der Waals surface area contributed by atoms with Crippen molar-refractivity contribution in [2.75, 3.05) is 16.0 Å². The smallest absolute Gasteiger partial charge is 0.311 e. The number of hydrogen-bond donors (Lipinski definition) is 4. The molecule has 0 amide bonds. The summed E-state index contributed by atoms with van der Waals surface area (Å²) in [5.41, 5.74) is -0.136. The van der Waals surface area contributed by atoms with Crippen LogP contribution in [0.4, 0.5) is 50.4 Å². The molecule has 0 saturated carbocycles. The molecular weight excluding hydrogens is 587 g/mol. The van der Waals surface area contributed by atoms with E-state index in [1.807, 2.05) is 26.0 Å². The van der Waals surface area contributed by atoms with Crippen molar-refractivity contribution in [3.63, 3.8) is 0 Å². The van der Waals surface area contributed by atoms with Gasteiger partial charge in [0.1, 0.15) is 10.6 Å². The van der Waals surface area contributed by atoms with Crippen LogP contribution >= 0.6 is 11.6 Å². The third-order valence-electron chi connectivity index (χ3n) is 5.61. The molecule has 0 aliphatic rings. The number of aromatic nitrogens is 3. The van der Waals surface area contributed by atoms with Crippen molar-refractivity contribution in [1.29, 1.82) is 0 Å². The molecule has 0 radical (unpaired) electrons. The molecule has 1 heterocycles. The van der Waals surface area contributed by atoms with Gasteiger partial charge in [-0.3, -0.25) is 24.8 Å². The Labute approximate surface area is 235 Å². The zero-order chi connectivity index (χ0) is 30.1. The van der Waals surface area contributed by atoms with E-state index in [9.17, 15) is 37.6 Å². The quantitative estimate of drug-likeness (QED) is 0.104. The van der Waals surface area contributed by atoms with Gasteiger partial charge in [0.25, 0.3) is 15.8 Å². The second kappa shape index (κ2) is 11.2. The van der Waals surface area contributed by atoms with E-state index in [1.54, 1.807) is 6.07 Å². The summed E-state index contributed by atoms with van der Waals surface area (Å²) < 4.78 is 48.4. The van der Waals surface area contributed by atoms with Crippen LogP contribution in [0.1, 0.15) is 11.1 Å². The van der Waals surface area contributed by atoms with Gasteiger partial charge in [-0.2, -0.15) is 27.8 Å². The maximum atomic E-state index is 14.2. The highest BCUT2D eigenvalue weighted by Gasteiger charge is 2.26. The van der Waals surface area contributed by atoms with Gasteiger partial charge in [-0.05, 0) is 66.9 Å². The van der Waals surface area contributed by atoms with Gasteiger partial charge in [-0.15, -0.1) is 0 Å². The first-order valence-electron chi connectivity index (χ1n) is 11.2. The summed E-state index contributed by atoms with van der Waals surface area (Å²) in [5, 5.41) is 30.2. The van der Waals surface area contributed by atoms with Gasteiger partial charge >= 0.3 is 5.69 Å². The first kappa shape index (κ1) is 29.0. The predicted molar refractivity (Wildman–Crippen MR) is 147 cm³/mol. The van der Waals surface area contributed by atoms with Gasteiger partial charge in [-0.1, -0.05) is 6.07 Å². The third kappa shape index (κ3) is 6.78. The van der Waals surface area contributed by atoms with Crippen LogP contribution in [0.3, 0.4) is 0 Å². The van der Waals surface area contributed by atoms with Crippen LogP contribution in [0.2, 0.25) is 5.28 Å². The molecule has 41 heavy (non-hydrogen) atoms. The third-order valence-corrected chi connectivity index (χ3v) is 6.68. The van der Waals surface area contributed by atoms with Gasteiger partial charge in [0.05, 0.1) is 21.6 Å². The van der Waals surface area contributed by atoms with Crippen molar-refractivity contribution in [2.24, 2.45) is 0 Å². The fourth-order valence-corrected chi connectivity index (χ4v) is 4.38. The fourth-order valence-electron chi connectivity index (χ4n) is 3.54. The van der Waals surface area contributed by atoms with Gasteiger partial charge < -0.3 is 16.0 Å². The Morgan fingerprint density at radius 2 is 1.41 bits per heavy atom. The molecule has 4 N–H and O–H groups in total. The number of aryl methyl sites for hydroxylation is 2. The zero-order valence-electron chi connectivity index (χ0n) is 20.9. The fraction of sp³-hybridized carbons (Fsp3) is 0.0870. The van der Waals surface area contributed by atoms with Crippen LogP contribution in [-0.2, 0) is 10.1 Å². The molecule has 0 aliphatic carbocycles. The van der Waals surface area contributed by atoms with Crippen LogP contribution < -0.4 is 16.0 Å². The minimum absolute atomic E-state index is 0.0231. The summed E-state index contributed by atoms with van der Waals surface area (Å²) in [7, 11) is -4.92. The van der Waals surface area contributed by atoms with Crippen molar-refractivity contribution >= 4 is 67.7 Å². The molecule has 0 saturated heterocycles. The molecule has 0 fully saturated rings. The van der Waals surface area contributed by atoms with Gasteiger partial charge in [0.2, 0.25) is 23.0 Å². The number of nitrogens with one attached hydrogen (secondary N) is 3. The van der Waals surface area contributed by atoms with E-state index in [-0.39, 0.29) is 28.6 Å². The Balaban J connectivity index is 1.67. The van der Waals surface area contributed by atoms with Crippen LogP contribution in [0, 0.1) is 39.9 Å². The average molecular weight is 605 g/mol. The van der Waals surface area contributed by atoms with Gasteiger partial charge in [-0.25, -0.2) is 0 Å². The second-order valence-corrected chi connectivity index (χ2v) is 10.2. The molecule has 0 unspecified atom stereocenters. The van der Waals surface area contributed by atoms with Crippen molar-refractivity contribution in [3.05, 3.63) is 91.0 Å². The molecule has 4 rings (SSSR count). The van der Waals surface area contributed by atoms with Gasteiger partial charge in [0.15, 0.2) is 0 Å². The number of nitro benzene ring substituents is 2. The largest absolute Gasteiger partial charge is 0.350 e. The summed E-state index contributed by atoms with van der Waals surface area (Å²) in [4.78, 5) is 31.6. The molecule has 3 aromatic carbocycles. The zero-order valence-corrected chi connectivity index (χ0v) is 22.5. The summed E-state index contributed by atoms with van der Waals surface area (Å²) in [5.74, 6) is -1.54. The van der Waals surface area contributed by atoms with Crippen LogP contribution in [0.15, 0.2) is 53.4 Å². The number of nitrogens with zero attached hydrogens (tertiary/aromatic N) is 5. The molecule has 212 valence electrons.